The summed E-state index contributed by atoms with van der Waals surface area (Å²) in [7, 11) is -3.17. The summed E-state index contributed by atoms with van der Waals surface area (Å²) in [6.45, 7) is 12.1. The fraction of sp³-hybridized carbons (Fsp3) is 0.944. The van der Waals surface area contributed by atoms with E-state index in [2.05, 4.69) is 0 Å². The van der Waals surface area contributed by atoms with E-state index in [9.17, 15) is 13.2 Å². The Bertz CT molecular complexity index is 562. The number of nitrogens with zero attached hydrogens (tertiary/aromatic N) is 2. The molecule has 2 saturated heterocycles. The highest BCUT2D eigenvalue weighted by atomic mass is 32.2. The van der Waals surface area contributed by atoms with Gasteiger partial charge in [0.05, 0.1) is 17.0 Å². The van der Waals surface area contributed by atoms with E-state index in [-0.39, 0.29) is 28.8 Å². The summed E-state index contributed by atoms with van der Waals surface area (Å²) in [6, 6.07) is 0. The summed E-state index contributed by atoms with van der Waals surface area (Å²) in [5.74, 6) is 0.283. The summed E-state index contributed by atoms with van der Waals surface area (Å²) in [5, 5.41) is 0. The van der Waals surface area contributed by atoms with Gasteiger partial charge < -0.3 is 9.64 Å². The van der Waals surface area contributed by atoms with Crippen LogP contribution in [0.1, 0.15) is 60.3 Å². The van der Waals surface area contributed by atoms with Crippen LogP contribution in [0.2, 0.25) is 0 Å². The lowest BCUT2D eigenvalue weighted by atomic mass is 9.93. The summed E-state index contributed by atoms with van der Waals surface area (Å²) in [5.41, 5.74) is -0.719. The zero-order chi connectivity index (χ0) is 18.9. The maximum atomic E-state index is 13.0. The van der Waals surface area contributed by atoms with Crippen molar-refractivity contribution in [3.05, 3.63) is 0 Å². The van der Waals surface area contributed by atoms with Gasteiger partial charge in [0, 0.05) is 32.1 Å². The first-order valence-corrected chi connectivity index (χ1v) is 11.0. The molecule has 0 N–H and O–H groups in total. The predicted molar refractivity (Wildman–Crippen MR) is 98.8 cm³/mol. The maximum Gasteiger partial charge on any atom is 0.225 e. The van der Waals surface area contributed by atoms with Crippen molar-refractivity contribution < 1.29 is 17.9 Å². The molecular formula is C18H34N2O4S. The van der Waals surface area contributed by atoms with Crippen molar-refractivity contribution in [1.29, 1.82) is 0 Å². The number of ether oxygens (including phenoxy) is 1. The molecule has 0 aromatic rings. The van der Waals surface area contributed by atoms with Crippen LogP contribution in [0, 0.1) is 5.92 Å². The third-order valence-electron chi connectivity index (χ3n) is 4.96. The molecule has 146 valence electrons. The lowest BCUT2D eigenvalue weighted by Crippen LogP contribution is -2.60. The Morgan fingerprint density at radius 3 is 2.08 bits per heavy atom. The zero-order valence-electron chi connectivity index (χ0n) is 16.4. The standard InChI is InChI=1S/C18H34N2O4S/c1-6-7-12-25(22,23)20-10-8-15(9-11-20)16(21)19-13-17(2,3)24-18(4,5)14-19/h15H,6-14H2,1-5H3. The van der Waals surface area contributed by atoms with Crippen molar-refractivity contribution >= 4 is 15.9 Å². The van der Waals surface area contributed by atoms with Crippen molar-refractivity contribution in [2.24, 2.45) is 5.92 Å². The van der Waals surface area contributed by atoms with Crippen LogP contribution in [-0.4, -0.2) is 66.7 Å². The Morgan fingerprint density at radius 2 is 1.60 bits per heavy atom. The first kappa shape index (κ1) is 20.6. The molecule has 2 heterocycles. The lowest BCUT2D eigenvalue weighted by Gasteiger charge is -2.48. The normalized spacial score (nSPS) is 25.1. The van der Waals surface area contributed by atoms with Crippen LogP contribution < -0.4 is 0 Å². The highest BCUT2D eigenvalue weighted by Crippen LogP contribution is 2.31. The molecule has 25 heavy (non-hydrogen) atoms. The molecule has 0 spiro atoms. The molecule has 2 fully saturated rings. The predicted octanol–water partition coefficient (Wildman–Crippen LogP) is 2.24. The fourth-order valence-electron chi connectivity index (χ4n) is 4.04. The molecule has 0 saturated carbocycles. The number of piperidine rings is 1. The minimum Gasteiger partial charge on any atom is -0.366 e. The average Bonchev–Trinajstić information content (AvgIpc) is 2.49. The lowest BCUT2D eigenvalue weighted by molar-refractivity contribution is -0.190. The number of carbonyl (C=O) groups is 1. The van der Waals surface area contributed by atoms with Gasteiger partial charge >= 0.3 is 0 Å². The molecule has 0 atom stereocenters. The zero-order valence-corrected chi connectivity index (χ0v) is 17.2. The number of hydrogen-bond donors (Lipinski definition) is 0. The van der Waals surface area contributed by atoms with E-state index >= 15 is 0 Å². The van der Waals surface area contributed by atoms with Gasteiger partial charge in [-0.25, -0.2) is 12.7 Å². The van der Waals surface area contributed by atoms with E-state index in [1.807, 2.05) is 39.5 Å². The molecule has 2 aliphatic rings. The molecule has 0 aromatic carbocycles. The number of unbranched alkanes of at least 4 members (excludes halogenated alkanes) is 1. The van der Waals surface area contributed by atoms with Gasteiger partial charge in [-0.15, -0.1) is 0 Å². The molecular weight excluding hydrogens is 340 g/mol. The van der Waals surface area contributed by atoms with Crippen LogP contribution in [-0.2, 0) is 19.6 Å². The number of carbonyl (C=O) groups excluding carboxylic acids is 1. The van der Waals surface area contributed by atoms with E-state index in [0.717, 1.165) is 6.42 Å². The Morgan fingerprint density at radius 1 is 1.08 bits per heavy atom. The summed E-state index contributed by atoms with van der Waals surface area (Å²) in [4.78, 5) is 14.9. The van der Waals surface area contributed by atoms with Crippen LogP contribution in [0.3, 0.4) is 0 Å². The number of sulfonamides is 1. The fourth-order valence-corrected chi connectivity index (χ4v) is 5.72. The molecule has 2 aliphatic heterocycles. The molecule has 0 unspecified atom stereocenters. The molecule has 0 aliphatic carbocycles. The van der Waals surface area contributed by atoms with Crippen LogP contribution in [0.15, 0.2) is 0 Å². The third kappa shape index (κ3) is 5.41. The minimum absolute atomic E-state index is 0.0812. The average molecular weight is 375 g/mol. The second-order valence-electron chi connectivity index (χ2n) is 8.66. The molecule has 0 bridgehead atoms. The first-order chi connectivity index (χ1) is 11.5. The Balaban J connectivity index is 1.95. The van der Waals surface area contributed by atoms with Gasteiger partial charge in [-0.05, 0) is 47.0 Å². The number of amides is 1. The molecule has 7 heteroatoms. The van der Waals surface area contributed by atoms with Crippen molar-refractivity contribution in [1.82, 2.24) is 9.21 Å². The quantitative estimate of drug-likeness (QED) is 0.740. The molecule has 6 nitrogen and oxygen atoms in total. The smallest absolute Gasteiger partial charge is 0.225 e. The first-order valence-electron chi connectivity index (χ1n) is 9.42. The van der Waals surface area contributed by atoms with Crippen LogP contribution in [0.5, 0.6) is 0 Å². The number of rotatable bonds is 5. The minimum atomic E-state index is -3.17. The summed E-state index contributed by atoms with van der Waals surface area (Å²) >= 11 is 0. The SMILES string of the molecule is CCCCS(=O)(=O)N1CCC(C(=O)N2CC(C)(C)OC(C)(C)C2)CC1. The third-order valence-corrected chi connectivity index (χ3v) is 6.92. The Hall–Kier alpha value is -0.660. The second-order valence-corrected chi connectivity index (χ2v) is 10.7. The van der Waals surface area contributed by atoms with Gasteiger partial charge in [0.25, 0.3) is 0 Å². The van der Waals surface area contributed by atoms with Gasteiger partial charge in [-0.2, -0.15) is 0 Å². The maximum absolute atomic E-state index is 13.0. The van der Waals surface area contributed by atoms with Crippen molar-refractivity contribution in [3.63, 3.8) is 0 Å². The van der Waals surface area contributed by atoms with E-state index in [1.54, 1.807) is 4.31 Å². The number of hydrogen-bond acceptors (Lipinski definition) is 4. The van der Waals surface area contributed by atoms with Gasteiger partial charge in [0.2, 0.25) is 15.9 Å². The van der Waals surface area contributed by atoms with Crippen molar-refractivity contribution in [2.75, 3.05) is 31.9 Å². The van der Waals surface area contributed by atoms with Gasteiger partial charge in [0.15, 0.2) is 0 Å². The molecule has 0 radical (unpaired) electrons. The molecule has 1 amide bonds. The Kier molecular flexibility index (Phi) is 6.22. The largest absolute Gasteiger partial charge is 0.366 e. The van der Waals surface area contributed by atoms with E-state index in [4.69, 9.17) is 4.74 Å². The van der Waals surface area contributed by atoms with Gasteiger partial charge in [0.1, 0.15) is 0 Å². The van der Waals surface area contributed by atoms with Crippen LogP contribution >= 0.6 is 0 Å². The monoisotopic (exact) mass is 374 g/mol. The highest BCUT2D eigenvalue weighted by Gasteiger charge is 2.42. The Labute approximate surface area is 152 Å². The number of morpholine rings is 1. The molecule has 2 rings (SSSR count). The van der Waals surface area contributed by atoms with Gasteiger partial charge in [-0.3, -0.25) is 4.79 Å². The topological polar surface area (TPSA) is 66.9 Å². The van der Waals surface area contributed by atoms with E-state index in [0.29, 0.717) is 45.4 Å². The highest BCUT2D eigenvalue weighted by molar-refractivity contribution is 7.89. The van der Waals surface area contributed by atoms with Crippen LogP contribution in [0.4, 0.5) is 0 Å². The second kappa shape index (κ2) is 7.53. The van der Waals surface area contributed by atoms with Crippen molar-refractivity contribution in [3.8, 4) is 0 Å². The van der Waals surface area contributed by atoms with Crippen molar-refractivity contribution in [2.45, 2.75) is 71.5 Å². The summed E-state index contributed by atoms with van der Waals surface area (Å²) in [6.07, 6.45) is 2.79. The van der Waals surface area contributed by atoms with Gasteiger partial charge in [-0.1, -0.05) is 13.3 Å². The van der Waals surface area contributed by atoms with E-state index in [1.165, 1.54) is 0 Å². The van der Waals surface area contributed by atoms with Crippen LogP contribution in [0.25, 0.3) is 0 Å². The summed E-state index contributed by atoms with van der Waals surface area (Å²) < 4.78 is 32.2. The molecule has 0 aromatic heterocycles. The van der Waals surface area contributed by atoms with E-state index < -0.39 is 10.0 Å².